The van der Waals surface area contributed by atoms with E-state index in [9.17, 15) is 9.59 Å². The topological polar surface area (TPSA) is 128 Å². The zero-order valence-corrected chi connectivity index (χ0v) is 23.8. The minimum Gasteiger partial charge on any atom is -0.490 e. The quantitative estimate of drug-likeness (QED) is 0.314. The molecule has 43 heavy (non-hydrogen) atoms. The van der Waals surface area contributed by atoms with Gasteiger partial charge in [0.25, 0.3) is 11.5 Å². The average molecular weight is 578 g/mol. The molecule has 0 saturated carbocycles. The van der Waals surface area contributed by atoms with Crippen molar-refractivity contribution >= 4 is 17.4 Å². The van der Waals surface area contributed by atoms with Gasteiger partial charge < -0.3 is 24.2 Å². The number of piperazine rings is 1. The van der Waals surface area contributed by atoms with Gasteiger partial charge in [0.05, 0.1) is 17.4 Å². The molecule has 4 heterocycles. The van der Waals surface area contributed by atoms with Crippen LogP contribution in [0.2, 0.25) is 0 Å². The summed E-state index contributed by atoms with van der Waals surface area (Å²) in [4.78, 5) is 35.5. The lowest BCUT2D eigenvalue weighted by atomic mass is 10.1. The highest BCUT2D eigenvalue weighted by atomic mass is 16.5. The van der Waals surface area contributed by atoms with E-state index in [4.69, 9.17) is 14.7 Å². The molecular formula is C32H31N7O4. The third kappa shape index (κ3) is 5.99. The molecule has 11 nitrogen and oxygen atoms in total. The smallest absolute Gasteiger partial charge is 0.269 e. The number of carbonyl (C=O) groups excluding carboxylic acids is 1. The van der Waals surface area contributed by atoms with Gasteiger partial charge in [0.1, 0.15) is 36.6 Å². The van der Waals surface area contributed by atoms with Crippen LogP contribution >= 0.6 is 0 Å². The van der Waals surface area contributed by atoms with Crippen molar-refractivity contribution in [2.45, 2.75) is 20.0 Å². The molecule has 0 atom stereocenters. The molecule has 2 aromatic heterocycles. The van der Waals surface area contributed by atoms with Crippen molar-refractivity contribution in [2.75, 3.05) is 49.2 Å². The van der Waals surface area contributed by atoms with E-state index >= 15 is 0 Å². The molecule has 1 fully saturated rings. The van der Waals surface area contributed by atoms with Gasteiger partial charge in [0.2, 0.25) is 0 Å². The van der Waals surface area contributed by atoms with Gasteiger partial charge >= 0.3 is 0 Å². The standard InChI is InChI=1S/C32H31N7O4/c1-22-28(19-35-36-31(22)40)39-20-25-3-2-4-29(27(25)21-39)43-16-15-42-26-8-6-24(7-9-26)32(41)38-13-11-37(12-14-38)30-10-5-23(17-33)18-34-30/h2-10,18-19H,11-16,20-21H2,1H3,(H,36,40). The number of H-pyrrole nitrogens is 1. The summed E-state index contributed by atoms with van der Waals surface area (Å²) in [6.07, 6.45) is 3.26. The number of amides is 1. The molecule has 6 rings (SSSR count). The summed E-state index contributed by atoms with van der Waals surface area (Å²) in [5.41, 5.74) is 4.68. The normalized spacial score (nSPS) is 14.3. The number of rotatable bonds is 8. The van der Waals surface area contributed by atoms with Gasteiger partial charge in [0, 0.05) is 62.2 Å². The number of benzene rings is 2. The minimum atomic E-state index is -0.184. The fourth-order valence-electron chi connectivity index (χ4n) is 5.43. The number of nitriles is 1. The Morgan fingerprint density at radius 3 is 2.49 bits per heavy atom. The van der Waals surface area contributed by atoms with Crippen molar-refractivity contribution < 1.29 is 14.3 Å². The fourth-order valence-corrected chi connectivity index (χ4v) is 5.43. The second-order valence-corrected chi connectivity index (χ2v) is 10.5. The first-order valence-electron chi connectivity index (χ1n) is 14.2. The molecule has 11 heteroatoms. The molecule has 0 spiro atoms. The number of hydrogen-bond donors (Lipinski definition) is 1. The van der Waals surface area contributed by atoms with E-state index in [-0.39, 0.29) is 11.5 Å². The number of hydrogen-bond acceptors (Lipinski definition) is 9. The number of aromatic nitrogens is 3. The average Bonchev–Trinajstić information content (AvgIpc) is 3.49. The van der Waals surface area contributed by atoms with Crippen LogP contribution in [0.25, 0.3) is 0 Å². The molecule has 0 unspecified atom stereocenters. The number of nitrogens with zero attached hydrogens (tertiary/aromatic N) is 6. The Balaban J connectivity index is 0.974. The highest BCUT2D eigenvalue weighted by molar-refractivity contribution is 5.94. The lowest BCUT2D eigenvalue weighted by Gasteiger charge is -2.35. The van der Waals surface area contributed by atoms with Crippen molar-refractivity contribution in [1.82, 2.24) is 20.1 Å². The lowest BCUT2D eigenvalue weighted by Crippen LogP contribution is -2.49. The third-order valence-electron chi connectivity index (χ3n) is 7.84. The van der Waals surface area contributed by atoms with E-state index in [1.807, 2.05) is 23.1 Å². The molecular weight excluding hydrogens is 546 g/mol. The number of pyridine rings is 1. The second-order valence-electron chi connectivity index (χ2n) is 10.5. The molecule has 4 aromatic rings. The molecule has 1 amide bonds. The van der Waals surface area contributed by atoms with Gasteiger partial charge in [-0.1, -0.05) is 12.1 Å². The van der Waals surface area contributed by atoms with Gasteiger partial charge in [-0.2, -0.15) is 10.4 Å². The molecule has 2 aliphatic heterocycles. The van der Waals surface area contributed by atoms with Crippen LogP contribution in [0.4, 0.5) is 11.5 Å². The van der Waals surface area contributed by atoms with Crippen molar-refractivity contribution in [3.63, 3.8) is 0 Å². The minimum absolute atomic E-state index is 0.0135. The predicted octanol–water partition coefficient (Wildman–Crippen LogP) is 3.29. The Bertz CT molecular complexity index is 1710. The monoisotopic (exact) mass is 577 g/mol. The van der Waals surface area contributed by atoms with Crippen LogP contribution in [-0.2, 0) is 13.1 Å². The van der Waals surface area contributed by atoms with E-state index in [1.54, 1.807) is 49.6 Å². The Morgan fingerprint density at radius 1 is 0.953 bits per heavy atom. The van der Waals surface area contributed by atoms with Crippen LogP contribution in [0, 0.1) is 18.3 Å². The van der Waals surface area contributed by atoms with Gasteiger partial charge in [-0.25, -0.2) is 10.1 Å². The van der Waals surface area contributed by atoms with Crippen molar-refractivity contribution in [3.05, 3.63) is 105 Å². The van der Waals surface area contributed by atoms with Crippen LogP contribution in [-0.4, -0.2) is 65.4 Å². The number of anilines is 2. The first kappa shape index (κ1) is 27.8. The zero-order chi connectivity index (χ0) is 29.8. The van der Waals surface area contributed by atoms with Gasteiger partial charge in [-0.15, -0.1) is 0 Å². The Hall–Kier alpha value is -5.37. The first-order chi connectivity index (χ1) is 21.0. The van der Waals surface area contributed by atoms with Crippen LogP contribution < -0.4 is 24.8 Å². The predicted molar refractivity (Wildman–Crippen MR) is 160 cm³/mol. The van der Waals surface area contributed by atoms with E-state index < -0.39 is 0 Å². The highest BCUT2D eigenvalue weighted by Crippen LogP contribution is 2.34. The fraction of sp³-hybridized carbons (Fsp3) is 0.281. The molecule has 1 N–H and O–H groups in total. The number of nitrogens with one attached hydrogen (secondary N) is 1. The molecule has 0 bridgehead atoms. The lowest BCUT2D eigenvalue weighted by molar-refractivity contribution is 0.0746. The van der Waals surface area contributed by atoms with Crippen LogP contribution in [0.1, 0.15) is 32.6 Å². The Kier molecular flexibility index (Phi) is 7.91. The maximum Gasteiger partial charge on any atom is 0.269 e. The molecule has 0 radical (unpaired) electrons. The maximum atomic E-state index is 13.1. The van der Waals surface area contributed by atoms with E-state index in [2.05, 4.69) is 37.1 Å². The van der Waals surface area contributed by atoms with E-state index in [1.165, 1.54) is 0 Å². The molecule has 0 aliphatic carbocycles. The third-order valence-corrected chi connectivity index (χ3v) is 7.84. The molecule has 1 saturated heterocycles. The van der Waals surface area contributed by atoms with Gasteiger partial charge in [-0.05, 0) is 55.0 Å². The van der Waals surface area contributed by atoms with Gasteiger partial charge in [0.15, 0.2) is 0 Å². The van der Waals surface area contributed by atoms with Crippen LogP contribution in [0.3, 0.4) is 0 Å². The van der Waals surface area contributed by atoms with Gasteiger partial charge in [-0.3, -0.25) is 9.59 Å². The van der Waals surface area contributed by atoms with Crippen molar-refractivity contribution in [1.29, 1.82) is 5.26 Å². The van der Waals surface area contributed by atoms with Crippen LogP contribution in [0.5, 0.6) is 11.5 Å². The molecule has 2 aromatic carbocycles. The number of fused-ring (bicyclic) bond motifs is 1. The number of aromatic amines is 1. The summed E-state index contributed by atoms with van der Waals surface area (Å²) in [5.74, 6) is 2.27. The largest absolute Gasteiger partial charge is 0.490 e. The first-order valence-corrected chi connectivity index (χ1v) is 14.2. The number of carbonyl (C=O) groups is 1. The van der Waals surface area contributed by atoms with Crippen molar-refractivity contribution in [3.8, 4) is 17.6 Å². The summed E-state index contributed by atoms with van der Waals surface area (Å²) < 4.78 is 12.0. The maximum absolute atomic E-state index is 13.1. The van der Waals surface area contributed by atoms with Crippen LogP contribution in [0.15, 0.2) is 71.8 Å². The summed E-state index contributed by atoms with van der Waals surface area (Å²) >= 11 is 0. The van der Waals surface area contributed by atoms with Crippen molar-refractivity contribution in [2.24, 2.45) is 0 Å². The highest BCUT2D eigenvalue weighted by Gasteiger charge is 2.25. The molecule has 218 valence electrons. The number of ether oxygens (including phenoxy) is 2. The SMILES string of the molecule is Cc1c(N2Cc3cccc(OCCOc4ccc(C(=O)N5CCN(c6ccc(C#N)cn6)CC5)cc4)c3C2)cn[nH]c1=O. The summed E-state index contributed by atoms with van der Waals surface area (Å²) in [6.45, 7) is 6.38. The zero-order valence-electron chi connectivity index (χ0n) is 23.8. The molecule has 2 aliphatic rings. The summed E-state index contributed by atoms with van der Waals surface area (Å²) in [6, 6.07) is 18.9. The Labute approximate surface area is 248 Å². The Morgan fingerprint density at radius 2 is 1.74 bits per heavy atom. The summed E-state index contributed by atoms with van der Waals surface area (Å²) in [7, 11) is 0. The van der Waals surface area contributed by atoms with E-state index in [0.717, 1.165) is 28.4 Å². The summed E-state index contributed by atoms with van der Waals surface area (Å²) in [5, 5.41) is 15.4. The second kappa shape index (κ2) is 12.2. The van der Waals surface area contributed by atoms with E-state index in [0.29, 0.717) is 74.9 Å².